The van der Waals surface area contributed by atoms with Crippen LogP contribution in [0.15, 0.2) is 12.7 Å². The monoisotopic (exact) mass is 227 g/mol. The van der Waals surface area contributed by atoms with Crippen molar-refractivity contribution in [3.8, 4) is 0 Å². The van der Waals surface area contributed by atoms with Gasteiger partial charge in [-0.3, -0.25) is 4.79 Å². The maximum atomic E-state index is 11.4. The number of alkyl carbamates (subject to hydrolysis) is 1. The van der Waals surface area contributed by atoms with E-state index >= 15 is 0 Å². The zero-order chi connectivity index (χ0) is 12.5. The Balaban J connectivity index is 2.47. The van der Waals surface area contributed by atoms with Crippen LogP contribution in [0.4, 0.5) is 4.79 Å². The predicted octanol–water partition coefficient (Wildman–Crippen LogP) is 1.40. The molecule has 0 spiro atoms. The largest absolute Gasteiger partial charge is 0.481 e. The number of carboxylic acid groups (broad SMARTS) is 1. The number of carbonyl (C=O) groups excluding carboxylic acids is 1. The first kappa shape index (κ1) is 12.5. The molecular formula is C11H17NO4. The van der Waals surface area contributed by atoms with E-state index in [0.29, 0.717) is 0 Å². The molecule has 0 saturated heterocycles. The Morgan fingerprint density at radius 2 is 2.00 bits per heavy atom. The van der Waals surface area contributed by atoms with Gasteiger partial charge in [-0.25, -0.2) is 4.79 Å². The minimum atomic E-state index is -0.925. The normalized spacial score (nSPS) is 28.1. The number of rotatable bonds is 3. The molecule has 2 N–H and O–H groups in total. The van der Waals surface area contributed by atoms with Gasteiger partial charge in [0.15, 0.2) is 0 Å². The summed E-state index contributed by atoms with van der Waals surface area (Å²) in [6.07, 6.45) is 0.953. The van der Waals surface area contributed by atoms with Crippen LogP contribution in [-0.2, 0) is 9.53 Å². The minimum Gasteiger partial charge on any atom is -0.481 e. The van der Waals surface area contributed by atoms with E-state index in [1.54, 1.807) is 26.8 Å². The van der Waals surface area contributed by atoms with E-state index in [9.17, 15) is 9.59 Å². The third-order valence-electron chi connectivity index (χ3n) is 2.32. The summed E-state index contributed by atoms with van der Waals surface area (Å²) >= 11 is 0. The second-order valence-corrected chi connectivity index (χ2v) is 4.85. The summed E-state index contributed by atoms with van der Waals surface area (Å²) in [6, 6.07) is -0.398. The topological polar surface area (TPSA) is 75.6 Å². The van der Waals surface area contributed by atoms with Crippen LogP contribution in [0.25, 0.3) is 0 Å². The highest BCUT2D eigenvalue weighted by Gasteiger charge is 2.54. The van der Waals surface area contributed by atoms with Crippen molar-refractivity contribution in [3.05, 3.63) is 12.7 Å². The van der Waals surface area contributed by atoms with Crippen LogP contribution in [0.1, 0.15) is 20.8 Å². The summed E-state index contributed by atoms with van der Waals surface area (Å²) in [5.74, 6) is -1.71. The lowest BCUT2D eigenvalue weighted by atomic mass is 10.2. The van der Waals surface area contributed by atoms with Crippen molar-refractivity contribution in [2.24, 2.45) is 11.8 Å². The molecule has 0 bridgehead atoms. The molecule has 90 valence electrons. The molecular weight excluding hydrogens is 210 g/mol. The minimum absolute atomic E-state index is 0.204. The van der Waals surface area contributed by atoms with Crippen LogP contribution in [0, 0.1) is 11.8 Å². The third kappa shape index (κ3) is 2.98. The molecule has 0 aromatic rings. The standard InChI is InChI=1S/C11H17NO4/c1-5-6-7(9(13)14)8(6)12-10(15)16-11(2,3)4/h5-8H,1H2,2-4H3,(H,12,15)(H,13,14)/t6-,7+,8+/m1/s1. The Hall–Kier alpha value is -1.52. The van der Waals surface area contributed by atoms with Gasteiger partial charge in [0, 0.05) is 5.92 Å². The van der Waals surface area contributed by atoms with Gasteiger partial charge in [0.1, 0.15) is 5.60 Å². The van der Waals surface area contributed by atoms with Crippen LogP contribution in [0.3, 0.4) is 0 Å². The summed E-state index contributed by atoms with van der Waals surface area (Å²) in [7, 11) is 0. The summed E-state index contributed by atoms with van der Waals surface area (Å²) in [4.78, 5) is 22.1. The summed E-state index contributed by atoms with van der Waals surface area (Å²) < 4.78 is 5.03. The molecule has 0 heterocycles. The first-order valence-electron chi connectivity index (χ1n) is 5.11. The maximum absolute atomic E-state index is 11.4. The third-order valence-corrected chi connectivity index (χ3v) is 2.32. The van der Waals surface area contributed by atoms with Crippen LogP contribution >= 0.6 is 0 Å². The molecule has 1 aliphatic carbocycles. The van der Waals surface area contributed by atoms with E-state index < -0.39 is 29.6 Å². The second kappa shape index (κ2) is 4.15. The first-order chi connectivity index (χ1) is 7.26. The number of nitrogens with one attached hydrogen (secondary N) is 1. The Bertz CT molecular complexity index is 318. The summed E-state index contributed by atoms with van der Waals surface area (Å²) in [5, 5.41) is 11.4. The van der Waals surface area contributed by atoms with Crippen LogP contribution in [0.5, 0.6) is 0 Å². The Labute approximate surface area is 94.5 Å². The summed E-state index contributed by atoms with van der Waals surface area (Å²) in [5.41, 5.74) is -0.582. The molecule has 1 amide bonds. The van der Waals surface area contributed by atoms with Crippen molar-refractivity contribution in [2.45, 2.75) is 32.4 Å². The molecule has 5 heteroatoms. The SMILES string of the molecule is C=C[C@H]1[C@H](NC(=O)OC(C)(C)C)[C@H]1C(=O)O. The maximum Gasteiger partial charge on any atom is 0.407 e. The number of carbonyl (C=O) groups is 2. The number of ether oxygens (including phenoxy) is 1. The van der Waals surface area contributed by atoms with Crippen LogP contribution < -0.4 is 5.32 Å². The number of hydrogen-bond acceptors (Lipinski definition) is 3. The second-order valence-electron chi connectivity index (χ2n) is 4.85. The van der Waals surface area contributed by atoms with Crippen LogP contribution in [-0.4, -0.2) is 28.8 Å². The Morgan fingerprint density at radius 1 is 1.44 bits per heavy atom. The van der Waals surface area contributed by atoms with Crippen molar-refractivity contribution in [3.63, 3.8) is 0 Å². The van der Waals surface area contributed by atoms with Gasteiger partial charge in [0.2, 0.25) is 0 Å². The van der Waals surface area contributed by atoms with Gasteiger partial charge in [-0.15, -0.1) is 6.58 Å². The average molecular weight is 227 g/mol. The molecule has 1 rings (SSSR count). The van der Waals surface area contributed by atoms with Crippen LogP contribution in [0.2, 0.25) is 0 Å². The lowest BCUT2D eigenvalue weighted by Gasteiger charge is -2.19. The van der Waals surface area contributed by atoms with Crippen molar-refractivity contribution >= 4 is 12.1 Å². The van der Waals surface area contributed by atoms with E-state index in [1.165, 1.54) is 0 Å². The molecule has 1 saturated carbocycles. The molecule has 3 atom stereocenters. The fourth-order valence-corrected chi connectivity index (χ4v) is 1.58. The molecule has 1 aliphatic rings. The van der Waals surface area contributed by atoms with Gasteiger partial charge in [0.25, 0.3) is 0 Å². The molecule has 0 aromatic heterocycles. The highest BCUT2D eigenvalue weighted by Crippen LogP contribution is 2.40. The summed E-state index contributed by atoms with van der Waals surface area (Å²) in [6.45, 7) is 8.78. The number of aliphatic carboxylic acids is 1. The zero-order valence-corrected chi connectivity index (χ0v) is 9.69. The highest BCUT2D eigenvalue weighted by atomic mass is 16.6. The van der Waals surface area contributed by atoms with Gasteiger partial charge in [0.05, 0.1) is 12.0 Å². The van der Waals surface area contributed by atoms with Gasteiger partial charge in [-0.1, -0.05) is 6.08 Å². The molecule has 0 aromatic carbocycles. The van der Waals surface area contributed by atoms with E-state index in [1.807, 2.05) is 0 Å². The first-order valence-corrected chi connectivity index (χ1v) is 5.11. The van der Waals surface area contributed by atoms with E-state index in [4.69, 9.17) is 9.84 Å². The zero-order valence-electron chi connectivity index (χ0n) is 9.69. The predicted molar refractivity (Wildman–Crippen MR) is 58.0 cm³/mol. The Morgan fingerprint density at radius 3 is 2.31 bits per heavy atom. The van der Waals surface area contributed by atoms with Gasteiger partial charge in [-0.05, 0) is 20.8 Å². The number of carboxylic acids is 1. The average Bonchev–Trinajstić information content (AvgIpc) is 2.73. The van der Waals surface area contributed by atoms with Gasteiger partial charge >= 0.3 is 12.1 Å². The highest BCUT2D eigenvalue weighted by molar-refractivity contribution is 5.78. The smallest absolute Gasteiger partial charge is 0.407 e. The quantitative estimate of drug-likeness (QED) is 0.714. The molecule has 5 nitrogen and oxygen atoms in total. The Kier molecular flexibility index (Phi) is 3.26. The van der Waals surface area contributed by atoms with E-state index in [-0.39, 0.29) is 5.92 Å². The van der Waals surface area contributed by atoms with Crippen molar-refractivity contribution in [1.29, 1.82) is 0 Å². The molecule has 16 heavy (non-hydrogen) atoms. The number of amides is 1. The molecule has 0 radical (unpaired) electrons. The van der Waals surface area contributed by atoms with Gasteiger partial charge < -0.3 is 15.2 Å². The molecule has 0 unspecified atom stereocenters. The van der Waals surface area contributed by atoms with Crippen molar-refractivity contribution in [2.75, 3.05) is 0 Å². The lowest BCUT2D eigenvalue weighted by molar-refractivity contribution is -0.138. The molecule has 1 fully saturated rings. The van der Waals surface area contributed by atoms with E-state index in [2.05, 4.69) is 11.9 Å². The van der Waals surface area contributed by atoms with Crippen molar-refractivity contribution < 1.29 is 19.4 Å². The molecule has 0 aliphatic heterocycles. The lowest BCUT2D eigenvalue weighted by Crippen LogP contribution is -2.35. The van der Waals surface area contributed by atoms with E-state index in [0.717, 1.165) is 0 Å². The van der Waals surface area contributed by atoms with Crippen molar-refractivity contribution in [1.82, 2.24) is 5.32 Å². The fraction of sp³-hybridized carbons (Fsp3) is 0.636. The number of hydrogen-bond donors (Lipinski definition) is 2. The fourth-order valence-electron chi connectivity index (χ4n) is 1.58. The van der Waals surface area contributed by atoms with Gasteiger partial charge in [-0.2, -0.15) is 0 Å².